The Hall–Kier alpha value is -3.00. The van der Waals surface area contributed by atoms with Gasteiger partial charge in [0.15, 0.2) is 9.84 Å². The first-order valence-corrected chi connectivity index (χ1v) is 11.8. The van der Waals surface area contributed by atoms with Crippen LogP contribution in [-0.4, -0.2) is 35.3 Å². The van der Waals surface area contributed by atoms with Crippen molar-refractivity contribution in [1.29, 1.82) is 0 Å². The molecule has 1 aliphatic rings. The molecule has 8 heteroatoms. The van der Waals surface area contributed by atoms with Gasteiger partial charge >= 0.3 is 0 Å². The third kappa shape index (κ3) is 4.59. The number of sulfone groups is 1. The average molecular weight is 426 g/mol. The molecule has 4 rings (SSSR count). The Kier molecular flexibility index (Phi) is 5.67. The first kappa shape index (κ1) is 20.3. The molecule has 2 aromatic heterocycles. The number of nitrogens with zero attached hydrogens (tertiary/aromatic N) is 3. The minimum atomic E-state index is -3.27. The topological polar surface area (TPSA) is 91.2 Å². The minimum Gasteiger partial charge on any atom is -0.490 e. The van der Waals surface area contributed by atoms with Gasteiger partial charge in [0.1, 0.15) is 11.6 Å². The molecule has 0 N–H and O–H groups in total. The van der Waals surface area contributed by atoms with Gasteiger partial charge in [-0.1, -0.05) is 0 Å². The van der Waals surface area contributed by atoms with E-state index in [4.69, 9.17) is 4.74 Å². The lowest BCUT2D eigenvalue weighted by Crippen LogP contribution is -2.25. The zero-order valence-electron chi connectivity index (χ0n) is 16.6. The normalized spacial score (nSPS) is 19.4. The summed E-state index contributed by atoms with van der Waals surface area (Å²) in [5, 5.41) is 0. The molecule has 0 bridgehead atoms. The van der Waals surface area contributed by atoms with Gasteiger partial charge in [-0.05, 0) is 62.1 Å². The standard InChI is InChI=1S/C22H23N3O4S/c1-30(27,28)20-9-5-17(6-10-20)25-14-11-19(15-21(25)26)29-18-7-3-16(4-8-18)22-23-12-2-13-24-22/h2,5-6,9-16,18H,3-4,7-8H2,1H3/t16-,18-. The van der Waals surface area contributed by atoms with Crippen LogP contribution in [0.2, 0.25) is 0 Å². The van der Waals surface area contributed by atoms with Crippen molar-refractivity contribution in [2.24, 2.45) is 0 Å². The van der Waals surface area contributed by atoms with Gasteiger partial charge in [0, 0.05) is 42.5 Å². The van der Waals surface area contributed by atoms with Crippen LogP contribution >= 0.6 is 0 Å². The summed E-state index contributed by atoms with van der Waals surface area (Å²) in [5.41, 5.74) is 0.369. The van der Waals surface area contributed by atoms with E-state index in [0.717, 1.165) is 37.8 Å². The number of ether oxygens (including phenoxy) is 1. The lowest BCUT2D eigenvalue weighted by molar-refractivity contribution is 0.144. The predicted octanol–water partition coefficient (Wildman–Crippen LogP) is 3.14. The lowest BCUT2D eigenvalue weighted by Gasteiger charge is -2.28. The Labute approximate surface area is 175 Å². The molecule has 1 saturated carbocycles. The number of benzene rings is 1. The molecule has 156 valence electrons. The van der Waals surface area contributed by atoms with Gasteiger partial charge < -0.3 is 4.74 Å². The smallest absolute Gasteiger partial charge is 0.258 e. The summed E-state index contributed by atoms with van der Waals surface area (Å²) in [6.45, 7) is 0. The van der Waals surface area contributed by atoms with Gasteiger partial charge in [-0.15, -0.1) is 0 Å². The Morgan fingerprint density at radius 3 is 2.27 bits per heavy atom. The highest BCUT2D eigenvalue weighted by Gasteiger charge is 2.25. The van der Waals surface area contributed by atoms with Crippen molar-refractivity contribution in [3.8, 4) is 11.4 Å². The molecule has 1 aromatic carbocycles. The fourth-order valence-corrected chi connectivity index (χ4v) is 4.38. The zero-order valence-corrected chi connectivity index (χ0v) is 17.5. The third-order valence-corrected chi connectivity index (χ3v) is 6.49. The Balaban J connectivity index is 1.41. The van der Waals surface area contributed by atoms with Crippen LogP contribution in [0.15, 0.2) is 70.7 Å². The number of aromatic nitrogens is 3. The summed E-state index contributed by atoms with van der Waals surface area (Å²) in [6.07, 6.45) is 10.1. The molecule has 30 heavy (non-hydrogen) atoms. The van der Waals surface area contributed by atoms with Crippen LogP contribution in [0.25, 0.3) is 5.69 Å². The van der Waals surface area contributed by atoms with E-state index >= 15 is 0 Å². The average Bonchev–Trinajstić information content (AvgIpc) is 2.75. The van der Waals surface area contributed by atoms with Gasteiger partial charge in [-0.3, -0.25) is 9.36 Å². The summed E-state index contributed by atoms with van der Waals surface area (Å²) >= 11 is 0. The van der Waals surface area contributed by atoms with Gasteiger partial charge in [0.05, 0.1) is 11.0 Å². The number of hydrogen-bond donors (Lipinski definition) is 0. The quantitative estimate of drug-likeness (QED) is 0.624. The largest absolute Gasteiger partial charge is 0.490 e. The van der Waals surface area contributed by atoms with Crippen LogP contribution in [0.3, 0.4) is 0 Å². The van der Waals surface area contributed by atoms with Crippen LogP contribution in [-0.2, 0) is 9.84 Å². The van der Waals surface area contributed by atoms with Crippen molar-refractivity contribution in [2.75, 3.05) is 6.26 Å². The number of hydrogen-bond acceptors (Lipinski definition) is 6. The van der Waals surface area contributed by atoms with Crippen molar-refractivity contribution in [3.05, 3.63) is 77.2 Å². The second kappa shape index (κ2) is 8.39. The van der Waals surface area contributed by atoms with Gasteiger partial charge in [-0.25, -0.2) is 18.4 Å². The van der Waals surface area contributed by atoms with Crippen molar-refractivity contribution < 1.29 is 13.2 Å². The van der Waals surface area contributed by atoms with Crippen molar-refractivity contribution in [1.82, 2.24) is 14.5 Å². The summed E-state index contributed by atoms with van der Waals surface area (Å²) in [4.78, 5) is 21.5. The molecule has 0 saturated heterocycles. The predicted molar refractivity (Wildman–Crippen MR) is 113 cm³/mol. The monoisotopic (exact) mass is 425 g/mol. The lowest BCUT2D eigenvalue weighted by atomic mass is 9.87. The van der Waals surface area contributed by atoms with Crippen molar-refractivity contribution >= 4 is 9.84 Å². The molecule has 0 unspecified atom stereocenters. The maximum Gasteiger partial charge on any atom is 0.258 e. The van der Waals surface area contributed by atoms with E-state index in [2.05, 4.69) is 9.97 Å². The SMILES string of the molecule is CS(=O)(=O)c1ccc(-n2ccc(O[C@H]3CC[C@H](c4ncccn4)CC3)cc2=O)cc1. The molecule has 7 nitrogen and oxygen atoms in total. The molecule has 2 heterocycles. The molecule has 1 aliphatic carbocycles. The highest BCUT2D eigenvalue weighted by atomic mass is 32.2. The van der Waals surface area contributed by atoms with Crippen molar-refractivity contribution in [2.45, 2.75) is 42.6 Å². The molecule has 1 fully saturated rings. The zero-order chi connectivity index (χ0) is 21.1. The van der Waals surface area contributed by atoms with Crippen LogP contribution in [0.4, 0.5) is 0 Å². The summed E-state index contributed by atoms with van der Waals surface area (Å²) in [6, 6.07) is 11.3. The Morgan fingerprint density at radius 2 is 1.67 bits per heavy atom. The van der Waals surface area contributed by atoms with Crippen LogP contribution in [0.5, 0.6) is 5.75 Å². The van der Waals surface area contributed by atoms with E-state index in [0.29, 0.717) is 17.4 Å². The van der Waals surface area contributed by atoms with Gasteiger partial charge in [-0.2, -0.15) is 0 Å². The van der Waals surface area contributed by atoms with Gasteiger partial charge in [0.2, 0.25) is 0 Å². The Bertz CT molecular complexity index is 1170. The molecule has 0 radical (unpaired) electrons. The molecule has 0 spiro atoms. The van der Waals surface area contributed by atoms with Crippen molar-refractivity contribution in [3.63, 3.8) is 0 Å². The molecule has 0 aliphatic heterocycles. The van der Waals surface area contributed by atoms with E-state index in [1.807, 2.05) is 6.07 Å². The minimum absolute atomic E-state index is 0.0641. The molecule has 0 amide bonds. The van der Waals surface area contributed by atoms with E-state index in [9.17, 15) is 13.2 Å². The third-order valence-electron chi connectivity index (χ3n) is 5.36. The summed E-state index contributed by atoms with van der Waals surface area (Å²) in [5.74, 6) is 1.79. The van der Waals surface area contributed by atoms with E-state index < -0.39 is 9.84 Å². The van der Waals surface area contributed by atoms with Crippen LogP contribution < -0.4 is 10.3 Å². The molecular formula is C22H23N3O4S. The maximum absolute atomic E-state index is 12.5. The highest BCUT2D eigenvalue weighted by Crippen LogP contribution is 2.32. The summed E-state index contributed by atoms with van der Waals surface area (Å²) < 4.78 is 30.7. The molecule has 3 aromatic rings. The second-order valence-corrected chi connectivity index (χ2v) is 9.55. The van der Waals surface area contributed by atoms with E-state index in [-0.39, 0.29) is 16.6 Å². The first-order valence-electron chi connectivity index (χ1n) is 9.87. The van der Waals surface area contributed by atoms with Crippen LogP contribution in [0.1, 0.15) is 37.4 Å². The van der Waals surface area contributed by atoms with E-state index in [1.54, 1.807) is 36.8 Å². The second-order valence-electron chi connectivity index (χ2n) is 7.54. The highest BCUT2D eigenvalue weighted by molar-refractivity contribution is 7.90. The van der Waals surface area contributed by atoms with Gasteiger partial charge in [0.25, 0.3) is 5.56 Å². The summed E-state index contributed by atoms with van der Waals surface area (Å²) in [7, 11) is -3.27. The molecule has 0 atom stereocenters. The number of rotatable bonds is 5. The fourth-order valence-electron chi connectivity index (χ4n) is 3.75. The Morgan fingerprint density at radius 1 is 1.00 bits per heavy atom. The number of pyridine rings is 1. The van der Waals surface area contributed by atoms with E-state index in [1.165, 1.54) is 22.8 Å². The first-order chi connectivity index (χ1) is 14.4. The van der Waals surface area contributed by atoms with Crippen LogP contribution in [0, 0.1) is 0 Å². The maximum atomic E-state index is 12.5. The molecular weight excluding hydrogens is 402 g/mol. The fraction of sp³-hybridized carbons (Fsp3) is 0.318.